The lowest BCUT2D eigenvalue weighted by Crippen LogP contribution is -2.44. The van der Waals surface area contributed by atoms with Crippen molar-refractivity contribution in [3.05, 3.63) is 52.1 Å². The number of amides is 2. The molecule has 0 radical (unpaired) electrons. The molecule has 152 valence electrons. The van der Waals surface area contributed by atoms with E-state index in [2.05, 4.69) is 4.98 Å². The van der Waals surface area contributed by atoms with Crippen LogP contribution in [0.3, 0.4) is 0 Å². The van der Waals surface area contributed by atoms with E-state index in [0.717, 1.165) is 40.5 Å². The maximum absolute atomic E-state index is 12.9. The topological polar surface area (TPSA) is 64.4 Å². The third kappa shape index (κ3) is 3.81. The summed E-state index contributed by atoms with van der Waals surface area (Å²) < 4.78 is 7.42. The normalized spacial score (nSPS) is 17.9. The van der Waals surface area contributed by atoms with Crippen LogP contribution >= 0.6 is 11.6 Å². The average Bonchev–Trinajstić information content (AvgIpc) is 3.05. The first kappa shape index (κ1) is 19.7. The Balaban J connectivity index is 1.63. The number of fused-ring (bicyclic) bond motifs is 3. The first-order chi connectivity index (χ1) is 13.7. The molecule has 29 heavy (non-hydrogen) atoms. The SMILES string of the molecule is CC(C)(C)OC(=O)N1CCC/C(=C\c2ncn3c2CCc2c(Cl)cccc2-3)C1=O. The van der Waals surface area contributed by atoms with E-state index >= 15 is 0 Å². The minimum Gasteiger partial charge on any atom is -0.443 e. The van der Waals surface area contributed by atoms with Crippen LogP contribution in [-0.4, -0.2) is 38.6 Å². The first-order valence-corrected chi connectivity index (χ1v) is 10.2. The molecule has 2 aromatic rings. The van der Waals surface area contributed by atoms with Crippen LogP contribution in [0.4, 0.5) is 4.79 Å². The van der Waals surface area contributed by atoms with Crippen molar-refractivity contribution in [2.24, 2.45) is 0 Å². The summed E-state index contributed by atoms with van der Waals surface area (Å²) in [4.78, 5) is 31.0. The molecular formula is C22H24ClN3O3. The van der Waals surface area contributed by atoms with E-state index in [1.54, 1.807) is 27.1 Å². The summed E-state index contributed by atoms with van der Waals surface area (Å²) in [7, 11) is 0. The Kier molecular flexibility index (Phi) is 4.99. The zero-order valence-electron chi connectivity index (χ0n) is 16.9. The fourth-order valence-electron chi connectivity index (χ4n) is 3.83. The van der Waals surface area contributed by atoms with Gasteiger partial charge in [-0.1, -0.05) is 17.7 Å². The van der Waals surface area contributed by atoms with Crippen LogP contribution in [0.2, 0.25) is 5.02 Å². The second kappa shape index (κ2) is 7.34. The number of carbonyl (C=O) groups excluding carboxylic acids is 2. The van der Waals surface area contributed by atoms with Crippen molar-refractivity contribution in [3.8, 4) is 5.69 Å². The molecule has 6 nitrogen and oxygen atoms in total. The molecule has 0 saturated carbocycles. The van der Waals surface area contributed by atoms with Crippen molar-refractivity contribution >= 4 is 29.7 Å². The van der Waals surface area contributed by atoms with Crippen LogP contribution in [0, 0.1) is 0 Å². The number of ether oxygens (including phenoxy) is 1. The van der Waals surface area contributed by atoms with Gasteiger partial charge in [-0.3, -0.25) is 4.79 Å². The predicted octanol–water partition coefficient (Wildman–Crippen LogP) is 4.57. The summed E-state index contributed by atoms with van der Waals surface area (Å²) >= 11 is 6.34. The van der Waals surface area contributed by atoms with Gasteiger partial charge in [0.15, 0.2) is 0 Å². The molecular weight excluding hydrogens is 390 g/mol. The highest BCUT2D eigenvalue weighted by Crippen LogP contribution is 2.32. The third-order valence-electron chi connectivity index (χ3n) is 5.14. The number of halogens is 1. The molecule has 1 saturated heterocycles. The fourth-order valence-corrected chi connectivity index (χ4v) is 4.09. The van der Waals surface area contributed by atoms with E-state index in [-0.39, 0.29) is 5.91 Å². The molecule has 2 aliphatic rings. The average molecular weight is 414 g/mol. The number of likely N-dealkylation sites (tertiary alicyclic amines) is 1. The number of aromatic nitrogens is 2. The molecule has 0 N–H and O–H groups in total. The van der Waals surface area contributed by atoms with Crippen LogP contribution in [0.15, 0.2) is 30.1 Å². The largest absolute Gasteiger partial charge is 0.443 e. The standard InChI is InChI=1S/C22H24ClN3O3/c1-22(2,3)29-21(28)25-11-5-6-14(20(25)27)12-17-19-10-9-15-16(23)7-4-8-18(15)26(19)13-24-17/h4,7-8,12-13H,5-6,9-11H2,1-3H3/b14-12+. The third-order valence-corrected chi connectivity index (χ3v) is 5.49. The van der Waals surface area contributed by atoms with E-state index < -0.39 is 11.7 Å². The van der Waals surface area contributed by atoms with Crippen molar-refractivity contribution in [2.75, 3.05) is 6.54 Å². The van der Waals surface area contributed by atoms with Crippen molar-refractivity contribution in [3.63, 3.8) is 0 Å². The van der Waals surface area contributed by atoms with Gasteiger partial charge in [0.05, 0.1) is 17.1 Å². The van der Waals surface area contributed by atoms with Crippen LogP contribution in [0.1, 0.15) is 50.6 Å². The summed E-state index contributed by atoms with van der Waals surface area (Å²) in [5, 5.41) is 0.761. The monoisotopic (exact) mass is 413 g/mol. The zero-order chi connectivity index (χ0) is 20.8. The van der Waals surface area contributed by atoms with Gasteiger partial charge in [0.25, 0.3) is 5.91 Å². The van der Waals surface area contributed by atoms with Crippen molar-refractivity contribution < 1.29 is 14.3 Å². The summed E-state index contributed by atoms with van der Waals surface area (Å²) in [5.74, 6) is -0.300. The quantitative estimate of drug-likeness (QED) is 0.642. The van der Waals surface area contributed by atoms with Gasteiger partial charge in [-0.05, 0) is 70.2 Å². The Morgan fingerprint density at radius 2 is 2.03 bits per heavy atom. The predicted molar refractivity (Wildman–Crippen MR) is 111 cm³/mol. The number of hydrogen-bond acceptors (Lipinski definition) is 4. The lowest BCUT2D eigenvalue weighted by molar-refractivity contribution is -0.127. The van der Waals surface area contributed by atoms with Gasteiger partial charge in [0, 0.05) is 17.1 Å². The van der Waals surface area contributed by atoms with Gasteiger partial charge in [-0.15, -0.1) is 0 Å². The Morgan fingerprint density at radius 3 is 2.79 bits per heavy atom. The molecule has 2 amide bonds. The molecule has 0 aliphatic carbocycles. The molecule has 7 heteroatoms. The van der Waals surface area contributed by atoms with Gasteiger partial charge < -0.3 is 9.30 Å². The number of hydrogen-bond donors (Lipinski definition) is 0. The maximum atomic E-state index is 12.9. The number of imide groups is 1. The Morgan fingerprint density at radius 1 is 1.24 bits per heavy atom. The summed E-state index contributed by atoms with van der Waals surface area (Å²) in [5.41, 5.74) is 3.90. The van der Waals surface area contributed by atoms with Gasteiger partial charge >= 0.3 is 6.09 Å². The molecule has 0 spiro atoms. The minimum atomic E-state index is -0.643. The number of imidazole rings is 1. The van der Waals surface area contributed by atoms with Crippen LogP contribution < -0.4 is 0 Å². The van der Waals surface area contributed by atoms with Crippen LogP contribution in [-0.2, 0) is 22.4 Å². The maximum Gasteiger partial charge on any atom is 0.417 e. The molecule has 4 rings (SSSR count). The summed E-state index contributed by atoms with van der Waals surface area (Å²) in [6, 6.07) is 5.85. The van der Waals surface area contributed by atoms with E-state index in [9.17, 15) is 9.59 Å². The molecule has 1 fully saturated rings. The lowest BCUT2D eigenvalue weighted by Gasteiger charge is -2.29. The van der Waals surface area contributed by atoms with E-state index in [0.29, 0.717) is 25.0 Å². The van der Waals surface area contributed by atoms with E-state index in [1.807, 2.05) is 28.8 Å². The highest BCUT2D eigenvalue weighted by Gasteiger charge is 2.32. The molecule has 1 aromatic heterocycles. The van der Waals surface area contributed by atoms with Crippen molar-refractivity contribution in [1.29, 1.82) is 0 Å². The van der Waals surface area contributed by atoms with E-state index in [4.69, 9.17) is 16.3 Å². The highest BCUT2D eigenvalue weighted by atomic mass is 35.5. The number of benzene rings is 1. The van der Waals surface area contributed by atoms with Crippen molar-refractivity contribution in [2.45, 2.75) is 52.1 Å². The Bertz CT molecular complexity index is 1020. The second-order valence-electron chi connectivity index (χ2n) is 8.39. The van der Waals surface area contributed by atoms with Crippen LogP contribution in [0.25, 0.3) is 11.8 Å². The van der Waals surface area contributed by atoms with E-state index in [1.165, 1.54) is 4.90 Å². The number of nitrogens with zero attached hydrogens (tertiary/aromatic N) is 3. The highest BCUT2D eigenvalue weighted by molar-refractivity contribution is 6.31. The number of rotatable bonds is 1. The molecule has 0 unspecified atom stereocenters. The summed E-state index contributed by atoms with van der Waals surface area (Å²) in [6.07, 6.45) is 5.95. The van der Waals surface area contributed by atoms with Gasteiger partial charge in [-0.25, -0.2) is 14.7 Å². The number of carbonyl (C=O) groups is 2. The van der Waals surface area contributed by atoms with Crippen molar-refractivity contribution in [1.82, 2.24) is 14.5 Å². The molecule has 1 aromatic carbocycles. The molecule has 3 heterocycles. The van der Waals surface area contributed by atoms with Crippen LogP contribution in [0.5, 0.6) is 0 Å². The Hall–Kier alpha value is -2.60. The van der Waals surface area contributed by atoms with Gasteiger partial charge in [0.1, 0.15) is 11.9 Å². The minimum absolute atomic E-state index is 0.300. The second-order valence-corrected chi connectivity index (χ2v) is 8.80. The zero-order valence-corrected chi connectivity index (χ0v) is 17.6. The summed E-state index contributed by atoms with van der Waals surface area (Å²) in [6.45, 7) is 5.74. The molecule has 0 atom stereocenters. The van der Waals surface area contributed by atoms with Gasteiger partial charge in [-0.2, -0.15) is 0 Å². The smallest absolute Gasteiger partial charge is 0.417 e. The molecule has 2 aliphatic heterocycles. The van der Waals surface area contributed by atoms with Gasteiger partial charge in [0.2, 0.25) is 0 Å². The lowest BCUT2D eigenvalue weighted by atomic mass is 9.98. The fraction of sp³-hybridized carbons (Fsp3) is 0.409. The first-order valence-electron chi connectivity index (χ1n) is 9.84. The number of piperidine rings is 1. The molecule has 0 bridgehead atoms. The Labute approximate surface area is 175 Å².